The molecule has 0 spiro atoms. The number of aliphatic hydroxyl groups excluding tert-OH is 1. The number of fused-ring (bicyclic) bond motifs is 1. The zero-order chi connectivity index (χ0) is 16.1. The lowest BCUT2D eigenvalue weighted by molar-refractivity contribution is 0.201. The molecular formula is C18H16N2O3. The van der Waals surface area contributed by atoms with Crippen molar-refractivity contribution in [3.8, 4) is 11.5 Å². The summed E-state index contributed by atoms with van der Waals surface area (Å²) < 4.78 is 5.29. The summed E-state index contributed by atoms with van der Waals surface area (Å²) in [6.07, 6.45) is 0. The molecule has 3 rings (SSSR count). The number of phenols is 1. The topological polar surface area (TPSA) is 74.4 Å². The molecule has 5 heteroatoms. The van der Waals surface area contributed by atoms with Gasteiger partial charge in [0.05, 0.1) is 12.3 Å². The van der Waals surface area contributed by atoms with E-state index in [0.29, 0.717) is 17.1 Å². The van der Waals surface area contributed by atoms with Crippen molar-refractivity contribution in [2.24, 2.45) is 10.2 Å². The number of rotatable bonds is 5. The van der Waals surface area contributed by atoms with Crippen molar-refractivity contribution in [1.82, 2.24) is 0 Å². The fourth-order valence-electron chi connectivity index (χ4n) is 2.23. The summed E-state index contributed by atoms with van der Waals surface area (Å²) in [5.74, 6) is 0.751. The highest BCUT2D eigenvalue weighted by Gasteiger charge is 2.05. The van der Waals surface area contributed by atoms with Gasteiger partial charge in [-0.05, 0) is 35.7 Å². The monoisotopic (exact) mass is 308 g/mol. The van der Waals surface area contributed by atoms with Crippen LogP contribution >= 0.6 is 0 Å². The fourth-order valence-corrected chi connectivity index (χ4v) is 2.23. The van der Waals surface area contributed by atoms with Crippen LogP contribution in [-0.2, 0) is 0 Å². The van der Waals surface area contributed by atoms with Gasteiger partial charge >= 0.3 is 0 Å². The molecule has 0 unspecified atom stereocenters. The van der Waals surface area contributed by atoms with Crippen LogP contribution in [0.15, 0.2) is 70.9 Å². The Morgan fingerprint density at radius 1 is 0.870 bits per heavy atom. The molecule has 0 radical (unpaired) electrons. The standard InChI is InChI=1S/C18H16N2O3/c21-11-12-23-15-8-6-14(7-9-15)19-20-18-16-4-2-1-3-13(16)5-10-17(18)22/h1-10,21-22H,11-12H2. The van der Waals surface area contributed by atoms with Gasteiger partial charge in [-0.25, -0.2) is 0 Å². The minimum Gasteiger partial charge on any atom is -0.506 e. The molecule has 0 aromatic heterocycles. The van der Waals surface area contributed by atoms with Crippen LogP contribution in [0, 0.1) is 0 Å². The molecule has 0 atom stereocenters. The smallest absolute Gasteiger partial charge is 0.143 e. The van der Waals surface area contributed by atoms with Crippen molar-refractivity contribution < 1.29 is 14.9 Å². The maximum atomic E-state index is 10.0. The zero-order valence-electron chi connectivity index (χ0n) is 12.4. The number of azo groups is 1. The Labute approximate surface area is 133 Å². The Morgan fingerprint density at radius 3 is 2.43 bits per heavy atom. The number of hydrogen-bond donors (Lipinski definition) is 2. The molecular weight excluding hydrogens is 292 g/mol. The molecule has 116 valence electrons. The minimum atomic E-state index is -0.0260. The number of hydrogen-bond acceptors (Lipinski definition) is 5. The first-order valence-corrected chi connectivity index (χ1v) is 7.24. The lowest BCUT2D eigenvalue weighted by atomic mass is 10.1. The third-order valence-electron chi connectivity index (χ3n) is 3.34. The molecule has 0 aliphatic carbocycles. The number of phenolic OH excluding ortho intramolecular Hbond substituents is 1. The third kappa shape index (κ3) is 3.46. The van der Waals surface area contributed by atoms with Gasteiger partial charge < -0.3 is 14.9 Å². The van der Waals surface area contributed by atoms with Crippen LogP contribution in [0.4, 0.5) is 11.4 Å². The second-order valence-corrected chi connectivity index (χ2v) is 4.92. The van der Waals surface area contributed by atoms with E-state index >= 15 is 0 Å². The van der Waals surface area contributed by atoms with E-state index in [1.54, 1.807) is 30.3 Å². The Hall–Kier alpha value is -2.92. The van der Waals surface area contributed by atoms with E-state index in [2.05, 4.69) is 10.2 Å². The molecule has 0 heterocycles. The van der Waals surface area contributed by atoms with Crippen LogP contribution in [-0.4, -0.2) is 23.4 Å². The highest BCUT2D eigenvalue weighted by Crippen LogP contribution is 2.36. The summed E-state index contributed by atoms with van der Waals surface area (Å²) in [7, 11) is 0. The first-order valence-electron chi connectivity index (χ1n) is 7.24. The van der Waals surface area contributed by atoms with E-state index in [4.69, 9.17) is 9.84 Å². The summed E-state index contributed by atoms with van der Waals surface area (Å²) in [6.45, 7) is 0.229. The lowest BCUT2D eigenvalue weighted by Crippen LogP contribution is -2.00. The van der Waals surface area contributed by atoms with Crippen LogP contribution in [0.25, 0.3) is 10.8 Å². The Bertz CT molecular complexity index is 829. The number of ether oxygens (including phenoxy) is 1. The van der Waals surface area contributed by atoms with Crippen LogP contribution in [0.5, 0.6) is 11.5 Å². The average Bonchev–Trinajstić information content (AvgIpc) is 2.60. The van der Waals surface area contributed by atoms with Crippen molar-refractivity contribution in [3.63, 3.8) is 0 Å². The molecule has 0 saturated carbocycles. The molecule has 5 nitrogen and oxygen atoms in total. The van der Waals surface area contributed by atoms with Gasteiger partial charge in [0.1, 0.15) is 23.8 Å². The van der Waals surface area contributed by atoms with E-state index in [1.807, 2.05) is 30.3 Å². The Kier molecular flexibility index (Phi) is 4.49. The minimum absolute atomic E-state index is 0.0260. The first-order chi connectivity index (χ1) is 11.3. The van der Waals surface area contributed by atoms with Crippen LogP contribution in [0.1, 0.15) is 0 Å². The summed E-state index contributed by atoms with van der Waals surface area (Å²) in [4.78, 5) is 0. The first kappa shape index (κ1) is 15.0. The molecule has 0 aliphatic rings. The normalized spacial score (nSPS) is 11.2. The molecule has 3 aromatic rings. The maximum absolute atomic E-state index is 10.0. The molecule has 0 fully saturated rings. The number of nitrogens with zero attached hydrogens (tertiary/aromatic N) is 2. The average molecular weight is 308 g/mol. The predicted molar refractivity (Wildman–Crippen MR) is 88.8 cm³/mol. The van der Waals surface area contributed by atoms with E-state index in [1.165, 1.54) is 0 Å². The highest BCUT2D eigenvalue weighted by molar-refractivity contribution is 5.95. The van der Waals surface area contributed by atoms with Crippen LogP contribution in [0.3, 0.4) is 0 Å². The third-order valence-corrected chi connectivity index (χ3v) is 3.34. The van der Waals surface area contributed by atoms with Crippen molar-refractivity contribution in [2.75, 3.05) is 13.2 Å². The van der Waals surface area contributed by atoms with Gasteiger partial charge in [-0.15, -0.1) is 5.11 Å². The summed E-state index contributed by atoms with van der Waals surface area (Å²) in [5.41, 5.74) is 1.09. The van der Waals surface area contributed by atoms with E-state index in [0.717, 1.165) is 10.8 Å². The summed E-state index contributed by atoms with van der Waals surface area (Å²) in [5, 5.41) is 29.0. The molecule has 2 N–H and O–H groups in total. The summed E-state index contributed by atoms with van der Waals surface area (Å²) in [6, 6.07) is 18.2. The van der Waals surface area contributed by atoms with Gasteiger partial charge in [0.2, 0.25) is 0 Å². The quantitative estimate of drug-likeness (QED) is 0.689. The van der Waals surface area contributed by atoms with Gasteiger partial charge in [0.15, 0.2) is 0 Å². The molecule has 0 amide bonds. The predicted octanol–water partition coefficient (Wildman–Crippen LogP) is 4.33. The second kappa shape index (κ2) is 6.89. The van der Waals surface area contributed by atoms with E-state index in [9.17, 15) is 5.11 Å². The largest absolute Gasteiger partial charge is 0.506 e. The number of aliphatic hydroxyl groups is 1. The SMILES string of the molecule is OCCOc1ccc(N=Nc2c(O)ccc3ccccc23)cc1. The van der Waals surface area contributed by atoms with Crippen molar-refractivity contribution in [3.05, 3.63) is 60.7 Å². The molecule has 0 saturated heterocycles. The zero-order valence-corrected chi connectivity index (χ0v) is 12.4. The van der Waals surface area contributed by atoms with Crippen LogP contribution in [0.2, 0.25) is 0 Å². The van der Waals surface area contributed by atoms with Crippen molar-refractivity contribution >= 4 is 22.1 Å². The van der Waals surface area contributed by atoms with Gasteiger partial charge in [-0.3, -0.25) is 0 Å². The van der Waals surface area contributed by atoms with Gasteiger partial charge in [0, 0.05) is 5.39 Å². The molecule has 3 aromatic carbocycles. The van der Waals surface area contributed by atoms with Crippen LogP contribution < -0.4 is 4.74 Å². The van der Waals surface area contributed by atoms with E-state index in [-0.39, 0.29) is 19.0 Å². The van der Waals surface area contributed by atoms with Gasteiger partial charge in [-0.1, -0.05) is 30.3 Å². The summed E-state index contributed by atoms with van der Waals surface area (Å²) >= 11 is 0. The van der Waals surface area contributed by atoms with E-state index < -0.39 is 0 Å². The maximum Gasteiger partial charge on any atom is 0.143 e. The highest BCUT2D eigenvalue weighted by atomic mass is 16.5. The Morgan fingerprint density at radius 2 is 1.65 bits per heavy atom. The lowest BCUT2D eigenvalue weighted by Gasteiger charge is -2.04. The fraction of sp³-hybridized carbons (Fsp3) is 0.111. The second-order valence-electron chi connectivity index (χ2n) is 4.92. The molecule has 0 bridgehead atoms. The number of benzene rings is 3. The van der Waals surface area contributed by atoms with Gasteiger partial charge in [0.25, 0.3) is 0 Å². The van der Waals surface area contributed by atoms with Crippen molar-refractivity contribution in [2.45, 2.75) is 0 Å². The molecule has 23 heavy (non-hydrogen) atoms. The molecule has 0 aliphatic heterocycles. The Balaban J connectivity index is 1.87. The van der Waals surface area contributed by atoms with Crippen molar-refractivity contribution in [1.29, 1.82) is 0 Å². The van der Waals surface area contributed by atoms with Gasteiger partial charge in [-0.2, -0.15) is 5.11 Å². The number of aromatic hydroxyl groups is 1.